The number of nitrogens with two attached hydrogens (primary N) is 1. The van der Waals surface area contributed by atoms with Crippen LogP contribution in [-0.2, 0) is 12.6 Å². The fourth-order valence-electron chi connectivity index (χ4n) is 6.37. The number of H-pyrrole nitrogens is 1. The van der Waals surface area contributed by atoms with Gasteiger partial charge in [-0.1, -0.05) is 11.6 Å². The van der Waals surface area contributed by atoms with Crippen LogP contribution in [0.1, 0.15) is 56.0 Å². The Morgan fingerprint density at radius 3 is 2.76 bits per heavy atom. The van der Waals surface area contributed by atoms with E-state index in [-0.39, 0.29) is 5.02 Å². The van der Waals surface area contributed by atoms with Gasteiger partial charge in [0.1, 0.15) is 23.6 Å². The highest BCUT2D eigenvalue weighted by Crippen LogP contribution is 2.40. The fraction of sp³-hybridized carbons (Fsp3) is 0.519. The van der Waals surface area contributed by atoms with Crippen LogP contribution in [0.2, 0.25) is 5.02 Å². The first-order chi connectivity index (χ1) is 18.2. The molecule has 0 bridgehead atoms. The van der Waals surface area contributed by atoms with Gasteiger partial charge in [-0.25, -0.2) is 15.0 Å². The SMILES string of the molecule is CN(CC1CCC(n2ccc3c(N)ncnc32)C1)C1CC(CCc2nc3cc(Cl)c(C(F)(F)F)cc3[nH]2)C1. The quantitative estimate of drug-likeness (QED) is 0.287. The summed E-state index contributed by atoms with van der Waals surface area (Å²) in [6, 6.07) is 5.39. The number of halogens is 4. The molecular formula is C27H31ClF3N7. The molecule has 38 heavy (non-hydrogen) atoms. The third kappa shape index (κ3) is 4.84. The van der Waals surface area contributed by atoms with Crippen LogP contribution in [0, 0.1) is 11.8 Å². The molecule has 4 aromatic rings. The zero-order valence-corrected chi connectivity index (χ0v) is 21.9. The minimum absolute atomic E-state index is 0.318. The maximum absolute atomic E-state index is 13.1. The number of aromatic amines is 1. The molecule has 2 aliphatic carbocycles. The highest BCUT2D eigenvalue weighted by Gasteiger charge is 2.36. The zero-order chi connectivity index (χ0) is 26.6. The minimum atomic E-state index is -4.48. The van der Waals surface area contributed by atoms with Gasteiger partial charge in [0, 0.05) is 31.2 Å². The number of nitrogens with one attached hydrogen (secondary N) is 1. The van der Waals surface area contributed by atoms with E-state index in [1.54, 1.807) is 0 Å². The van der Waals surface area contributed by atoms with Crippen molar-refractivity contribution < 1.29 is 13.2 Å². The number of hydrogen-bond acceptors (Lipinski definition) is 5. The van der Waals surface area contributed by atoms with Gasteiger partial charge in [0.25, 0.3) is 0 Å². The number of imidazole rings is 1. The molecule has 202 valence electrons. The van der Waals surface area contributed by atoms with Crippen molar-refractivity contribution in [2.45, 2.75) is 63.2 Å². The summed E-state index contributed by atoms with van der Waals surface area (Å²) in [5, 5.41) is 0.605. The van der Waals surface area contributed by atoms with Crippen LogP contribution in [0.15, 0.2) is 30.7 Å². The Morgan fingerprint density at radius 2 is 1.97 bits per heavy atom. The summed E-state index contributed by atoms with van der Waals surface area (Å²) < 4.78 is 41.7. The molecule has 0 spiro atoms. The number of anilines is 1. The summed E-state index contributed by atoms with van der Waals surface area (Å²) in [5.41, 5.74) is 6.95. The van der Waals surface area contributed by atoms with Crippen molar-refractivity contribution in [3.8, 4) is 0 Å². The maximum Gasteiger partial charge on any atom is 0.417 e. The molecule has 0 saturated heterocycles. The molecule has 6 rings (SSSR count). The first kappa shape index (κ1) is 25.4. The van der Waals surface area contributed by atoms with E-state index in [4.69, 9.17) is 17.3 Å². The monoisotopic (exact) mass is 545 g/mol. The largest absolute Gasteiger partial charge is 0.417 e. The molecule has 2 saturated carbocycles. The van der Waals surface area contributed by atoms with Gasteiger partial charge in [-0.05, 0) is 75.6 Å². The van der Waals surface area contributed by atoms with E-state index >= 15 is 0 Å². The average molecular weight is 546 g/mol. The molecule has 3 N–H and O–H groups in total. The van der Waals surface area contributed by atoms with Gasteiger partial charge >= 0.3 is 6.18 Å². The van der Waals surface area contributed by atoms with E-state index in [1.165, 1.54) is 18.8 Å². The molecule has 2 fully saturated rings. The van der Waals surface area contributed by atoms with E-state index in [2.05, 4.69) is 42.6 Å². The van der Waals surface area contributed by atoms with Crippen LogP contribution in [0.3, 0.4) is 0 Å². The van der Waals surface area contributed by atoms with Gasteiger partial charge in [0.2, 0.25) is 0 Å². The van der Waals surface area contributed by atoms with E-state index < -0.39 is 11.7 Å². The second-order valence-corrected chi connectivity index (χ2v) is 11.5. The van der Waals surface area contributed by atoms with E-state index in [9.17, 15) is 13.2 Å². The van der Waals surface area contributed by atoms with Gasteiger partial charge in [0.15, 0.2) is 0 Å². The number of nitrogen functional groups attached to an aromatic ring is 1. The molecule has 0 aliphatic heterocycles. The Morgan fingerprint density at radius 1 is 1.16 bits per heavy atom. The van der Waals surface area contributed by atoms with Gasteiger partial charge < -0.3 is 20.2 Å². The molecule has 2 unspecified atom stereocenters. The molecular weight excluding hydrogens is 515 g/mol. The summed E-state index contributed by atoms with van der Waals surface area (Å²) in [7, 11) is 2.23. The molecule has 2 atom stereocenters. The molecule has 0 radical (unpaired) electrons. The predicted octanol–water partition coefficient (Wildman–Crippen LogP) is 6.25. The Balaban J connectivity index is 0.981. The number of fused-ring (bicyclic) bond motifs is 2. The van der Waals surface area contributed by atoms with Gasteiger partial charge in [0.05, 0.1) is 27.0 Å². The summed E-state index contributed by atoms with van der Waals surface area (Å²) >= 11 is 5.84. The van der Waals surface area contributed by atoms with Crippen molar-refractivity contribution in [1.29, 1.82) is 0 Å². The van der Waals surface area contributed by atoms with Gasteiger partial charge in [-0.3, -0.25) is 0 Å². The molecule has 11 heteroatoms. The lowest BCUT2D eigenvalue weighted by Gasteiger charge is -2.42. The topological polar surface area (TPSA) is 88.7 Å². The molecule has 7 nitrogen and oxygen atoms in total. The van der Waals surface area contributed by atoms with Crippen LogP contribution in [0.25, 0.3) is 22.1 Å². The standard InChI is InChI=1S/C27H31ClF3N7/c1-37(13-16-2-4-17(10-16)38-7-6-19-25(32)33-14-34-26(19)38)18-8-15(9-18)3-5-24-35-22-11-20(27(29,30)31)21(28)12-23(22)36-24/h6-7,11-12,14-18H,2-5,8-10,13H2,1H3,(H,35,36)(H2,32,33,34). The van der Waals surface area contributed by atoms with Gasteiger partial charge in [-0.15, -0.1) is 0 Å². The predicted molar refractivity (Wildman–Crippen MR) is 142 cm³/mol. The Labute approximate surface area is 223 Å². The summed E-state index contributed by atoms with van der Waals surface area (Å²) in [5.74, 6) is 2.51. The molecule has 3 heterocycles. The van der Waals surface area contributed by atoms with Crippen molar-refractivity contribution in [2.24, 2.45) is 11.8 Å². The lowest BCUT2D eigenvalue weighted by atomic mass is 9.76. The van der Waals surface area contributed by atoms with Crippen LogP contribution in [0.4, 0.5) is 19.0 Å². The lowest BCUT2D eigenvalue weighted by molar-refractivity contribution is -0.137. The Kier molecular flexibility index (Phi) is 6.50. The molecule has 3 aromatic heterocycles. The smallest absolute Gasteiger partial charge is 0.383 e. The highest BCUT2D eigenvalue weighted by atomic mass is 35.5. The Hall–Kier alpha value is -2.85. The molecule has 1 aromatic carbocycles. The minimum Gasteiger partial charge on any atom is -0.383 e. The molecule has 0 amide bonds. The second kappa shape index (κ2) is 9.72. The third-order valence-corrected chi connectivity index (χ3v) is 8.85. The molecule has 2 aliphatic rings. The number of benzene rings is 1. The number of rotatable bonds is 7. The maximum atomic E-state index is 13.1. The lowest BCUT2D eigenvalue weighted by Crippen LogP contribution is -2.44. The summed E-state index contributed by atoms with van der Waals surface area (Å²) in [6.07, 6.45) is 6.63. The van der Waals surface area contributed by atoms with Crippen molar-refractivity contribution in [1.82, 2.24) is 29.4 Å². The summed E-state index contributed by atoms with van der Waals surface area (Å²) in [4.78, 5) is 18.6. The van der Waals surface area contributed by atoms with E-state index in [0.29, 0.717) is 46.6 Å². The number of hydrogen-bond donors (Lipinski definition) is 2. The summed E-state index contributed by atoms with van der Waals surface area (Å²) in [6.45, 7) is 1.09. The van der Waals surface area contributed by atoms with Crippen LogP contribution in [0.5, 0.6) is 0 Å². The first-order valence-electron chi connectivity index (χ1n) is 13.2. The number of alkyl halides is 3. The van der Waals surface area contributed by atoms with Crippen LogP contribution in [-0.4, -0.2) is 49.0 Å². The fourth-order valence-corrected chi connectivity index (χ4v) is 6.63. The third-order valence-electron chi connectivity index (χ3n) is 8.54. The van der Waals surface area contributed by atoms with Crippen molar-refractivity contribution in [2.75, 3.05) is 19.3 Å². The van der Waals surface area contributed by atoms with Crippen LogP contribution >= 0.6 is 11.6 Å². The number of nitrogens with zero attached hydrogens (tertiary/aromatic N) is 5. The van der Waals surface area contributed by atoms with Crippen molar-refractivity contribution in [3.63, 3.8) is 0 Å². The van der Waals surface area contributed by atoms with Crippen LogP contribution < -0.4 is 5.73 Å². The van der Waals surface area contributed by atoms with Crippen molar-refractivity contribution >= 4 is 39.5 Å². The number of aryl methyl sites for hydroxylation is 1. The number of aromatic nitrogens is 5. The second-order valence-electron chi connectivity index (χ2n) is 11.1. The van der Waals surface area contributed by atoms with Crippen molar-refractivity contribution in [3.05, 3.63) is 47.1 Å². The average Bonchev–Trinajstić information content (AvgIpc) is 3.55. The van der Waals surface area contributed by atoms with E-state index in [1.807, 2.05) is 6.07 Å². The first-order valence-corrected chi connectivity index (χ1v) is 13.6. The zero-order valence-electron chi connectivity index (χ0n) is 21.2. The van der Waals surface area contributed by atoms with Gasteiger partial charge in [-0.2, -0.15) is 13.2 Å². The Bertz CT molecular complexity index is 1460. The highest BCUT2D eigenvalue weighted by molar-refractivity contribution is 6.32. The normalized spacial score (nSPS) is 24.1. The van der Waals surface area contributed by atoms with E-state index in [0.717, 1.165) is 62.2 Å².